The van der Waals surface area contributed by atoms with Crippen LogP contribution < -0.4 is 10.1 Å². The maximum atomic E-state index is 15.1. The van der Waals surface area contributed by atoms with Gasteiger partial charge in [0.1, 0.15) is 17.9 Å². The average Bonchev–Trinajstić information content (AvgIpc) is 3.69. The van der Waals surface area contributed by atoms with Crippen LogP contribution >= 0.6 is 0 Å². The standard InChI is InChI=1S/C31H31FN4O5/c32-24-15-35(13-18-1-5-25-19(11-18)2-6-26(33-25)20-9-10-40-17-20)16-28(24)41-22-3-4-23-21(12-22)14-36(31(23)39)27-7-8-29(37)34-30(27)38/h1-6,11-12,20,24,27-28H,7-10,13-17H2,(H,34,37,38)/t20?,24-,27?,28+/m0/s1. The topological polar surface area (TPSA) is 101 Å². The van der Waals surface area contributed by atoms with E-state index >= 15 is 4.39 Å². The van der Waals surface area contributed by atoms with Crippen LogP contribution in [0.5, 0.6) is 5.75 Å². The van der Waals surface area contributed by atoms with Crippen molar-refractivity contribution in [2.45, 2.75) is 56.6 Å². The fraction of sp³-hybridized carbons (Fsp3) is 0.419. The molecule has 3 saturated heterocycles. The third-order valence-electron chi connectivity index (χ3n) is 8.59. The molecular formula is C31H31FN4O5. The molecule has 4 atom stereocenters. The number of hydrogen-bond acceptors (Lipinski definition) is 7. The Bertz CT molecular complexity index is 1540. The molecule has 4 aliphatic rings. The van der Waals surface area contributed by atoms with Crippen molar-refractivity contribution < 1.29 is 28.2 Å². The Kier molecular flexibility index (Phi) is 6.67. The molecule has 1 N–H and O–H groups in total. The summed E-state index contributed by atoms with van der Waals surface area (Å²) in [6, 6.07) is 14.8. The second-order valence-corrected chi connectivity index (χ2v) is 11.4. The summed E-state index contributed by atoms with van der Waals surface area (Å²) in [6.07, 6.45) is -0.268. The molecule has 41 heavy (non-hydrogen) atoms. The van der Waals surface area contributed by atoms with Gasteiger partial charge < -0.3 is 14.4 Å². The van der Waals surface area contributed by atoms with Gasteiger partial charge in [0.15, 0.2) is 6.17 Å². The Morgan fingerprint density at radius 2 is 1.95 bits per heavy atom. The lowest BCUT2D eigenvalue weighted by Gasteiger charge is -2.29. The first-order chi connectivity index (χ1) is 19.9. The minimum atomic E-state index is -1.15. The zero-order valence-electron chi connectivity index (χ0n) is 22.6. The highest BCUT2D eigenvalue weighted by molar-refractivity contribution is 6.05. The number of rotatable bonds is 6. The lowest BCUT2D eigenvalue weighted by Crippen LogP contribution is -2.52. The molecule has 9 nitrogen and oxygen atoms in total. The number of halogens is 1. The predicted octanol–water partition coefficient (Wildman–Crippen LogP) is 3.10. The van der Waals surface area contributed by atoms with Crippen molar-refractivity contribution >= 4 is 28.6 Å². The van der Waals surface area contributed by atoms with Crippen LogP contribution in [0.3, 0.4) is 0 Å². The predicted molar refractivity (Wildman–Crippen MR) is 147 cm³/mol. The lowest BCUT2D eigenvalue weighted by molar-refractivity contribution is -0.136. The van der Waals surface area contributed by atoms with Crippen molar-refractivity contribution in [2.24, 2.45) is 0 Å². The summed E-state index contributed by atoms with van der Waals surface area (Å²) in [4.78, 5) is 45.1. The van der Waals surface area contributed by atoms with E-state index in [1.54, 1.807) is 18.2 Å². The zero-order chi connectivity index (χ0) is 28.1. The van der Waals surface area contributed by atoms with E-state index in [0.29, 0.717) is 36.7 Å². The molecule has 212 valence electrons. The highest BCUT2D eigenvalue weighted by Gasteiger charge is 2.40. The van der Waals surface area contributed by atoms with Crippen molar-refractivity contribution in [3.63, 3.8) is 0 Å². The van der Waals surface area contributed by atoms with Crippen LogP contribution in [0, 0.1) is 0 Å². The largest absolute Gasteiger partial charge is 0.486 e. The molecule has 3 amide bonds. The summed E-state index contributed by atoms with van der Waals surface area (Å²) >= 11 is 0. The van der Waals surface area contributed by atoms with Crippen LogP contribution in [0.25, 0.3) is 10.9 Å². The van der Waals surface area contributed by atoms with Crippen molar-refractivity contribution in [3.8, 4) is 5.75 Å². The van der Waals surface area contributed by atoms with E-state index in [0.717, 1.165) is 47.4 Å². The quantitative estimate of drug-likeness (QED) is 0.464. The summed E-state index contributed by atoms with van der Waals surface area (Å²) in [5, 5.41) is 3.37. The van der Waals surface area contributed by atoms with Crippen LogP contribution in [-0.2, 0) is 27.4 Å². The second-order valence-electron chi connectivity index (χ2n) is 11.4. The van der Waals surface area contributed by atoms with E-state index in [1.807, 2.05) is 6.07 Å². The van der Waals surface area contributed by atoms with Gasteiger partial charge in [-0.2, -0.15) is 0 Å². The molecule has 0 aliphatic carbocycles. The van der Waals surface area contributed by atoms with Crippen molar-refractivity contribution in [3.05, 3.63) is 70.9 Å². The van der Waals surface area contributed by atoms with Crippen LogP contribution in [0.4, 0.5) is 4.39 Å². The molecule has 0 saturated carbocycles. The third-order valence-corrected chi connectivity index (χ3v) is 8.59. The molecule has 5 heterocycles. The Morgan fingerprint density at radius 1 is 1.05 bits per heavy atom. The number of ether oxygens (including phenoxy) is 2. The smallest absolute Gasteiger partial charge is 0.255 e. The number of pyridine rings is 1. The molecule has 0 bridgehead atoms. The molecule has 3 aromatic rings. The lowest BCUT2D eigenvalue weighted by atomic mass is 10.0. The second kappa shape index (κ2) is 10.5. The minimum Gasteiger partial charge on any atom is -0.486 e. The van der Waals surface area contributed by atoms with Gasteiger partial charge in [0.05, 0.1) is 12.1 Å². The number of carbonyl (C=O) groups excluding carboxylic acids is 3. The van der Waals surface area contributed by atoms with Crippen molar-refractivity contribution in [2.75, 3.05) is 26.3 Å². The molecule has 10 heteroatoms. The van der Waals surface area contributed by atoms with Crippen molar-refractivity contribution in [1.82, 2.24) is 20.1 Å². The minimum absolute atomic E-state index is 0.203. The van der Waals surface area contributed by atoms with Gasteiger partial charge >= 0.3 is 0 Å². The molecule has 1 aromatic heterocycles. The average molecular weight is 559 g/mol. The fourth-order valence-corrected chi connectivity index (χ4v) is 6.39. The molecule has 7 rings (SSSR count). The van der Waals surface area contributed by atoms with Crippen molar-refractivity contribution in [1.29, 1.82) is 0 Å². The van der Waals surface area contributed by atoms with Gasteiger partial charge in [-0.15, -0.1) is 0 Å². The van der Waals surface area contributed by atoms with Gasteiger partial charge in [0.2, 0.25) is 11.8 Å². The normalized spacial score (nSPS) is 26.6. The Hall–Kier alpha value is -3.89. The number of benzene rings is 2. The van der Waals surface area contributed by atoms with Gasteiger partial charge in [-0.25, -0.2) is 4.39 Å². The molecule has 2 unspecified atom stereocenters. The van der Waals surface area contributed by atoms with E-state index in [1.165, 1.54) is 4.90 Å². The number of piperidine rings is 1. The molecule has 0 radical (unpaired) electrons. The number of imide groups is 1. The molecule has 2 aromatic carbocycles. The molecular weight excluding hydrogens is 527 g/mol. The number of nitrogens with one attached hydrogen (secondary N) is 1. The van der Waals surface area contributed by atoms with E-state index in [-0.39, 0.29) is 31.3 Å². The SMILES string of the molecule is O=C1CCC(N2Cc3cc(O[C@@H]4CN(Cc5ccc6nc(C7CCOC7)ccc6c5)C[C@@H]4F)ccc3C2=O)C(=O)N1. The Morgan fingerprint density at radius 3 is 2.78 bits per heavy atom. The van der Waals surface area contributed by atoms with E-state index < -0.39 is 24.2 Å². The van der Waals surface area contributed by atoms with Gasteiger partial charge in [0, 0.05) is 61.8 Å². The highest BCUT2D eigenvalue weighted by Crippen LogP contribution is 2.32. The maximum Gasteiger partial charge on any atom is 0.255 e. The summed E-state index contributed by atoms with van der Waals surface area (Å²) in [5.41, 5.74) is 4.35. The van der Waals surface area contributed by atoms with Gasteiger partial charge in [-0.3, -0.25) is 29.6 Å². The molecule has 4 aliphatic heterocycles. The van der Waals surface area contributed by atoms with E-state index in [9.17, 15) is 14.4 Å². The van der Waals surface area contributed by atoms with Crippen LogP contribution in [0.15, 0.2) is 48.5 Å². The van der Waals surface area contributed by atoms with E-state index in [2.05, 4.69) is 34.5 Å². The first-order valence-electron chi connectivity index (χ1n) is 14.2. The summed E-state index contributed by atoms with van der Waals surface area (Å²) < 4.78 is 26.6. The molecule has 0 spiro atoms. The Labute approximate surface area is 236 Å². The van der Waals surface area contributed by atoms with Crippen LogP contribution in [0.1, 0.15) is 52.4 Å². The third kappa shape index (κ3) is 5.06. The number of aromatic nitrogens is 1. The van der Waals surface area contributed by atoms with E-state index in [4.69, 9.17) is 14.5 Å². The zero-order valence-corrected chi connectivity index (χ0v) is 22.6. The van der Waals surface area contributed by atoms with Gasteiger partial charge in [-0.1, -0.05) is 12.1 Å². The first kappa shape index (κ1) is 26.0. The summed E-state index contributed by atoms with van der Waals surface area (Å²) in [5.74, 6) is -0.157. The fourth-order valence-electron chi connectivity index (χ4n) is 6.39. The maximum absolute atomic E-state index is 15.1. The number of likely N-dealkylation sites (tertiary alicyclic amines) is 1. The van der Waals surface area contributed by atoms with Crippen LogP contribution in [0.2, 0.25) is 0 Å². The van der Waals surface area contributed by atoms with Gasteiger partial charge in [-0.05, 0) is 60.4 Å². The Balaban J connectivity index is 0.988. The summed E-state index contributed by atoms with van der Waals surface area (Å²) in [6.45, 7) is 3.08. The highest BCUT2D eigenvalue weighted by atomic mass is 19.1. The summed E-state index contributed by atoms with van der Waals surface area (Å²) in [7, 11) is 0. The number of carbonyl (C=O) groups is 3. The monoisotopic (exact) mass is 558 g/mol. The van der Waals surface area contributed by atoms with Crippen LogP contribution in [-0.4, -0.2) is 77.1 Å². The van der Waals surface area contributed by atoms with Gasteiger partial charge in [0.25, 0.3) is 5.91 Å². The number of amides is 3. The number of nitrogens with zero attached hydrogens (tertiary/aromatic N) is 3. The number of alkyl halides is 1. The number of hydrogen-bond donors (Lipinski definition) is 1. The number of fused-ring (bicyclic) bond motifs is 2. The first-order valence-corrected chi connectivity index (χ1v) is 14.2. The molecule has 3 fully saturated rings.